The molecule has 0 aliphatic carbocycles. The average molecular weight is 559 g/mol. The van der Waals surface area contributed by atoms with Gasteiger partial charge in [-0.3, -0.25) is 4.99 Å². The Morgan fingerprint density at radius 2 is 1.87 bits per heavy atom. The van der Waals surface area contributed by atoms with Gasteiger partial charge in [0.1, 0.15) is 16.6 Å². The standard InChI is InChI=1S/C27H38N6O5S/c1-18-9-7-10-19(2)24(18)22-15-23(31-25(30-22)32-39(35,36)21(16-28)17-29-6)37-20-11-8-13-33(14-12-20)26(34)38-27(3,4)5/h7,9-10,15-17,20H,8,11-14,28H2,1-6H3,(H,30,31,32)/b21-16+,29-17?. The van der Waals surface area contributed by atoms with E-state index in [0.717, 1.165) is 35.5 Å². The molecule has 212 valence electrons. The van der Waals surface area contributed by atoms with Crippen molar-refractivity contribution in [1.82, 2.24) is 14.9 Å². The number of carbonyl (C=O) groups is 1. The van der Waals surface area contributed by atoms with Crippen molar-refractivity contribution in [3.63, 3.8) is 0 Å². The molecule has 2 aromatic rings. The molecule has 1 fully saturated rings. The van der Waals surface area contributed by atoms with Crippen LogP contribution >= 0.6 is 0 Å². The third kappa shape index (κ3) is 8.16. The summed E-state index contributed by atoms with van der Waals surface area (Å²) in [4.78, 5) is 26.6. The number of nitrogens with one attached hydrogen (secondary N) is 1. The molecule has 12 heteroatoms. The van der Waals surface area contributed by atoms with E-state index in [1.807, 2.05) is 52.8 Å². The number of sulfonamides is 1. The minimum absolute atomic E-state index is 0.155. The van der Waals surface area contributed by atoms with Crippen molar-refractivity contribution in [2.75, 3.05) is 24.9 Å². The molecule has 3 rings (SSSR count). The Bertz CT molecular complexity index is 1330. The lowest BCUT2D eigenvalue weighted by molar-refractivity contribution is 0.0252. The first kappa shape index (κ1) is 29.9. The van der Waals surface area contributed by atoms with Crippen molar-refractivity contribution < 1.29 is 22.7 Å². The van der Waals surface area contributed by atoms with Crippen LogP contribution in [0.15, 0.2) is 40.4 Å². The summed E-state index contributed by atoms with van der Waals surface area (Å²) in [6, 6.07) is 7.56. The topological polar surface area (TPSA) is 149 Å². The summed E-state index contributed by atoms with van der Waals surface area (Å²) < 4.78 is 40.0. The second-order valence-electron chi connectivity index (χ2n) is 10.4. The fourth-order valence-corrected chi connectivity index (χ4v) is 5.12. The summed E-state index contributed by atoms with van der Waals surface area (Å²) in [6.45, 7) is 10.5. The number of nitrogens with two attached hydrogens (primary N) is 1. The van der Waals surface area contributed by atoms with E-state index in [9.17, 15) is 13.2 Å². The molecule has 0 radical (unpaired) electrons. The van der Waals surface area contributed by atoms with E-state index in [-0.39, 0.29) is 28.9 Å². The van der Waals surface area contributed by atoms with Crippen LogP contribution in [-0.4, -0.2) is 67.4 Å². The number of aryl methyl sites for hydroxylation is 2. The number of amides is 1. The first-order valence-electron chi connectivity index (χ1n) is 12.8. The lowest BCUT2D eigenvalue weighted by atomic mass is 10.00. The van der Waals surface area contributed by atoms with Crippen LogP contribution in [0.4, 0.5) is 10.7 Å². The SMILES string of the molecule is CN=C/C(=C\N)S(=O)(=O)Nc1nc(OC2CCCN(C(=O)OC(C)(C)C)CC2)cc(-c2c(C)cccc2C)n1. The van der Waals surface area contributed by atoms with Crippen LogP contribution in [0.25, 0.3) is 11.3 Å². The van der Waals surface area contributed by atoms with Gasteiger partial charge in [0.2, 0.25) is 11.8 Å². The number of benzene rings is 1. The summed E-state index contributed by atoms with van der Waals surface area (Å²) >= 11 is 0. The number of anilines is 1. The summed E-state index contributed by atoms with van der Waals surface area (Å²) in [6.07, 6.45) is 3.47. The van der Waals surface area contributed by atoms with E-state index < -0.39 is 15.6 Å². The van der Waals surface area contributed by atoms with Crippen LogP contribution in [0.1, 0.15) is 51.2 Å². The first-order chi connectivity index (χ1) is 18.3. The van der Waals surface area contributed by atoms with E-state index in [1.54, 1.807) is 11.0 Å². The summed E-state index contributed by atoms with van der Waals surface area (Å²) in [5.74, 6) is 0.0662. The van der Waals surface area contributed by atoms with Crippen LogP contribution < -0.4 is 15.2 Å². The molecule has 0 bridgehead atoms. The number of hydrogen-bond donors (Lipinski definition) is 2. The number of carbonyl (C=O) groups excluding carboxylic acids is 1. The van der Waals surface area contributed by atoms with Crippen LogP contribution in [0.3, 0.4) is 0 Å². The normalized spacial score (nSPS) is 17.1. The third-order valence-corrected chi connectivity index (χ3v) is 7.32. The highest BCUT2D eigenvalue weighted by Crippen LogP contribution is 2.30. The highest BCUT2D eigenvalue weighted by atomic mass is 32.2. The Labute approximate surface area is 230 Å². The maximum absolute atomic E-state index is 12.9. The Kier molecular flexibility index (Phi) is 9.54. The Balaban J connectivity index is 1.92. The molecule has 1 atom stereocenters. The molecule has 1 aliphatic rings. The van der Waals surface area contributed by atoms with Crippen LogP contribution in [0.5, 0.6) is 5.88 Å². The van der Waals surface area contributed by atoms with Crippen molar-refractivity contribution in [2.24, 2.45) is 10.7 Å². The molecular weight excluding hydrogens is 520 g/mol. The predicted octanol–water partition coefficient (Wildman–Crippen LogP) is 4.17. The van der Waals surface area contributed by atoms with Gasteiger partial charge in [-0.1, -0.05) is 18.2 Å². The number of rotatable bonds is 7. The van der Waals surface area contributed by atoms with Gasteiger partial charge in [0.05, 0.1) is 5.69 Å². The Morgan fingerprint density at radius 3 is 2.49 bits per heavy atom. The number of likely N-dealkylation sites (tertiary alicyclic amines) is 1. The molecule has 11 nitrogen and oxygen atoms in total. The number of allylic oxidation sites excluding steroid dienone is 1. The minimum atomic E-state index is -4.10. The summed E-state index contributed by atoms with van der Waals surface area (Å²) in [7, 11) is -2.65. The van der Waals surface area contributed by atoms with Gasteiger partial charge >= 0.3 is 6.09 Å². The van der Waals surface area contributed by atoms with E-state index >= 15 is 0 Å². The quantitative estimate of drug-likeness (QED) is 0.481. The van der Waals surface area contributed by atoms with Crippen LogP contribution in [0.2, 0.25) is 0 Å². The van der Waals surface area contributed by atoms with Gasteiger partial charge in [-0.05, 0) is 58.6 Å². The second kappa shape index (κ2) is 12.5. The Hall–Kier alpha value is -3.67. The van der Waals surface area contributed by atoms with Gasteiger partial charge in [-0.15, -0.1) is 0 Å². The van der Waals surface area contributed by atoms with Gasteiger partial charge in [-0.25, -0.2) is 22.9 Å². The van der Waals surface area contributed by atoms with Crippen LogP contribution in [-0.2, 0) is 14.8 Å². The first-order valence-corrected chi connectivity index (χ1v) is 14.3. The number of aromatic nitrogens is 2. The zero-order chi connectivity index (χ0) is 28.8. The highest BCUT2D eigenvalue weighted by Gasteiger charge is 2.27. The zero-order valence-electron chi connectivity index (χ0n) is 23.4. The number of aliphatic imine (C=N–C) groups is 1. The predicted molar refractivity (Wildman–Crippen MR) is 152 cm³/mol. The fourth-order valence-electron chi connectivity index (χ4n) is 4.25. The van der Waals surface area contributed by atoms with Crippen molar-refractivity contribution >= 4 is 28.3 Å². The van der Waals surface area contributed by atoms with Crippen molar-refractivity contribution in [3.8, 4) is 17.1 Å². The van der Waals surface area contributed by atoms with E-state index in [4.69, 9.17) is 15.2 Å². The molecule has 2 heterocycles. The summed E-state index contributed by atoms with van der Waals surface area (Å²) in [5, 5.41) is 0. The smallest absolute Gasteiger partial charge is 0.410 e. The van der Waals surface area contributed by atoms with Gasteiger partial charge in [-0.2, -0.15) is 4.98 Å². The zero-order valence-corrected chi connectivity index (χ0v) is 24.2. The molecule has 0 saturated carbocycles. The number of ether oxygens (including phenoxy) is 2. The monoisotopic (exact) mass is 558 g/mol. The van der Waals surface area contributed by atoms with Crippen molar-refractivity contribution in [3.05, 3.63) is 46.5 Å². The third-order valence-electron chi connectivity index (χ3n) is 6.01. The molecule has 0 spiro atoms. The van der Waals surface area contributed by atoms with Crippen molar-refractivity contribution in [1.29, 1.82) is 0 Å². The van der Waals surface area contributed by atoms with Gasteiger partial charge in [0.25, 0.3) is 10.0 Å². The molecule has 1 aliphatic heterocycles. The maximum atomic E-state index is 12.9. The lowest BCUT2D eigenvalue weighted by Crippen LogP contribution is -2.37. The molecule has 1 saturated heterocycles. The number of hydrogen-bond acceptors (Lipinski definition) is 9. The molecule has 1 amide bonds. The minimum Gasteiger partial charge on any atom is -0.474 e. The number of nitrogens with zero attached hydrogens (tertiary/aromatic N) is 4. The molecule has 1 unspecified atom stereocenters. The average Bonchev–Trinajstić information content (AvgIpc) is 3.06. The largest absolute Gasteiger partial charge is 0.474 e. The Morgan fingerprint density at radius 1 is 1.18 bits per heavy atom. The van der Waals surface area contributed by atoms with Gasteiger partial charge in [0, 0.05) is 50.6 Å². The highest BCUT2D eigenvalue weighted by molar-refractivity contribution is 7.97. The molecular formula is C27H38N6O5S. The van der Waals surface area contributed by atoms with Crippen molar-refractivity contribution in [2.45, 2.75) is 65.6 Å². The molecule has 39 heavy (non-hydrogen) atoms. The van der Waals surface area contributed by atoms with E-state index in [1.165, 1.54) is 7.05 Å². The van der Waals surface area contributed by atoms with E-state index in [0.29, 0.717) is 31.6 Å². The van der Waals surface area contributed by atoms with Crippen LogP contribution in [0, 0.1) is 13.8 Å². The molecule has 1 aromatic heterocycles. The molecule has 1 aromatic carbocycles. The molecule has 3 N–H and O–H groups in total. The van der Waals surface area contributed by atoms with Gasteiger partial charge < -0.3 is 20.1 Å². The van der Waals surface area contributed by atoms with E-state index in [2.05, 4.69) is 19.7 Å². The van der Waals surface area contributed by atoms with Gasteiger partial charge in [0.15, 0.2) is 0 Å². The maximum Gasteiger partial charge on any atom is 0.410 e. The summed E-state index contributed by atoms with van der Waals surface area (Å²) in [5.41, 5.74) is 8.25. The lowest BCUT2D eigenvalue weighted by Gasteiger charge is -2.26. The fraction of sp³-hybridized carbons (Fsp3) is 0.481. The second-order valence-corrected chi connectivity index (χ2v) is 12.1.